The van der Waals surface area contributed by atoms with Crippen molar-refractivity contribution >= 4 is 5.97 Å². The minimum absolute atomic E-state index is 0.0110. The summed E-state index contributed by atoms with van der Waals surface area (Å²) in [5.74, 6) is -4.50. The first-order valence-electron chi connectivity index (χ1n) is 6.83. The molecule has 4 atom stereocenters. The van der Waals surface area contributed by atoms with Gasteiger partial charge in [-0.25, -0.2) is 9.18 Å². The van der Waals surface area contributed by atoms with Gasteiger partial charge in [-0.2, -0.15) is 13.2 Å². The number of hydrogen-bond donors (Lipinski definition) is 1. The molecule has 0 aliphatic carbocycles. The van der Waals surface area contributed by atoms with E-state index in [1.807, 2.05) is 0 Å². The molecule has 1 saturated heterocycles. The highest BCUT2D eigenvalue weighted by molar-refractivity contribution is 5.75. The summed E-state index contributed by atoms with van der Waals surface area (Å²) < 4.78 is 63.3. The van der Waals surface area contributed by atoms with E-state index < -0.39 is 41.5 Å². The molecule has 1 fully saturated rings. The van der Waals surface area contributed by atoms with Gasteiger partial charge in [-0.1, -0.05) is 13.0 Å². The fraction of sp³-hybridized carbons (Fsp3) is 0.533. The van der Waals surface area contributed by atoms with Gasteiger partial charge in [-0.15, -0.1) is 0 Å². The van der Waals surface area contributed by atoms with Gasteiger partial charge < -0.3 is 14.6 Å². The molecule has 1 aliphatic rings. The topological polar surface area (TPSA) is 55.8 Å². The average Bonchev–Trinajstić information content (AvgIpc) is 2.72. The molecular formula is C15H16F4O4. The molecular weight excluding hydrogens is 320 g/mol. The number of hydrogen-bond acceptors (Lipinski definition) is 3. The zero-order chi connectivity index (χ0) is 17.6. The standard InChI is InChI=1S/C15H16F4O4/c1-7-11(9-5-4-8(16)6-10(9)22-3)12(13(20)21)23-14(7,2)15(17,18)19/h4-7,11-12H,1-3H3,(H,20,21)/t7-,11-,12+,14+/m0/s1. The highest BCUT2D eigenvalue weighted by Crippen LogP contribution is 2.54. The van der Waals surface area contributed by atoms with Gasteiger partial charge in [0.1, 0.15) is 11.6 Å². The maximum absolute atomic E-state index is 13.4. The van der Waals surface area contributed by atoms with Gasteiger partial charge in [-0.05, 0) is 13.0 Å². The Bertz CT molecular complexity index is 616. The second kappa shape index (κ2) is 5.67. The molecule has 4 nitrogen and oxygen atoms in total. The van der Waals surface area contributed by atoms with Crippen molar-refractivity contribution in [2.24, 2.45) is 5.92 Å². The summed E-state index contributed by atoms with van der Waals surface area (Å²) in [5, 5.41) is 9.27. The van der Waals surface area contributed by atoms with Crippen LogP contribution in [0.1, 0.15) is 25.3 Å². The zero-order valence-electron chi connectivity index (χ0n) is 12.6. The van der Waals surface area contributed by atoms with E-state index >= 15 is 0 Å². The van der Waals surface area contributed by atoms with Crippen molar-refractivity contribution in [2.45, 2.75) is 37.6 Å². The van der Waals surface area contributed by atoms with Crippen LogP contribution in [0.4, 0.5) is 17.6 Å². The van der Waals surface area contributed by atoms with Gasteiger partial charge in [0, 0.05) is 23.5 Å². The smallest absolute Gasteiger partial charge is 0.417 e. The molecule has 1 aromatic rings. The molecule has 0 spiro atoms. The quantitative estimate of drug-likeness (QED) is 0.860. The van der Waals surface area contributed by atoms with E-state index in [1.54, 1.807) is 0 Å². The lowest BCUT2D eigenvalue weighted by molar-refractivity contribution is -0.273. The Morgan fingerprint density at radius 1 is 1.39 bits per heavy atom. The van der Waals surface area contributed by atoms with Gasteiger partial charge in [0.2, 0.25) is 0 Å². The van der Waals surface area contributed by atoms with E-state index in [0.717, 1.165) is 19.1 Å². The number of ether oxygens (including phenoxy) is 2. The summed E-state index contributed by atoms with van der Waals surface area (Å²) in [6.07, 6.45) is -6.46. The Hall–Kier alpha value is -1.83. The van der Waals surface area contributed by atoms with E-state index in [-0.39, 0.29) is 11.3 Å². The summed E-state index contributed by atoms with van der Waals surface area (Å²) in [4.78, 5) is 11.4. The Morgan fingerprint density at radius 2 is 2.00 bits per heavy atom. The van der Waals surface area contributed by atoms with Gasteiger partial charge in [0.15, 0.2) is 11.7 Å². The Kier molecular flexibility index (Phi) is 4.32. The van der Waals surface area contributed by atoms with Crippen molar-refractivity contribution in [2.75, 3.05) is 7.11 Å². The average molecular weight is 336 g/mol. The zero-order valence-corrected chi connectivity index (χ0v) is 12.6. The van der Waals surface area contributed by atoms with Crippen molar-refractivity contribution < 1.29 is 36.9 Å². The van der Waals surface area contributed by atoms with Crippen LogP contribution in [-0.2, 0) is 9.53 Å². The molecule has 0 radical (unpaired) electrons. The molecule has 1 heterocycles. The molecule has 0 saturated carbocycles. The number of benzene rings is 1. The fourth-order valence-corrected chi connectivity index (χ4v) is 2.97. The lowest BCUT2D eigenvalue weighted by atomic mass is 9.77. The summed E-state index contributed by atoms with van der Waals surface area (Å²) in [6, 6.07) is 3.29. The van der Waals surface area contributed by atoms with Gasteiger partial charge >= 0.3 is 12.1 Å². The number of halogens is 4. The third kappa shape index (κ3) is 2.75. The van der Waals surface area contributed by atoms with Crippen LogP contribution in [0.3, 0.4) is 0 Å². The predicted molar refractivity (Wildman–Crippen MR) is 71.8 cm³/mol. The van der Waals surface area contributed by atoms with Crippen LogP contribution in [0.25, 0.3) is 0 Å². The van der Waals surface area contributed by atoms with E-state index in [0.29, 0.717) is 0 Å². The first-order valence-corrected chi connectivity index (χ1v) is 6.83. The third-order valence-corrected chi connectivity index (χ3v) is 4.47. The molecule has 128 valence electrons. The highest BCUT2D eigenvalue weighted by atomic mass is 19.4. The number of carbonyl (C=O) groups is 1. The normalized spacial score (nSPS) is 31.2. The molecule has 0 bridgehead atoms. The summed E-state index contributed by atoms with van der Waals surface area (Å²) in [5.41, 5.74) is -2.46. The summed E-state index contributed by atoms with van der Waals surface area (Å²) >= 11 is 0. The molecule has 2 rings (SSSR count). The molecule has 0 unspecified atom stereocenters. The van der Waals surface area contributed by atoms with Crippen LogP contribution in [-0.4, -0.2) is 36.1 Å². The van der Waals surface area contributed by atoms with Crippen molar-refractivity contribution in [1.82, 2.24) is 0 Å². The number of alkyl halides is 3. The maximum Gasteiger partial charge on any atom is 0.417 e. The van der Waals surface area contributed by atoms with E-state index in [4.69, 9.17) is 9.47 Å². The van der Waals surface area contributed by atoms with Gasteiger partial charge in [0.25, 0.3) is 0 Å². The molecule has 0 amide bonds. The third-order valence-electron chi connectivity index (χ3n) is 4.47. The van der Waals surface area contributed by atoms with Crippen LogP contribution in [0.5, 0.6) is 5.75 Å². The first-order chi connectivity index (χ1) is 10.5. The molecule has 0 aromatic heterocycles. The largest absolute Gasteiger partial charge is 0.496 e. The number of rotatable bonds is 3. The lowest BCUT2D eigenvalue weighted by Crippen LogP contribution is -2.47. The Morgan fingerprint density at radius 3 is 2.48 bits per heavy atom. The van der Waals surface area contributed by atoms with Crippen LogP contribution >= 0.6 is 0 Å². The maximum atomic E-state index is 13.4. The summed E-state index contributed by atoms with van der Waals surface area (Å²) in [7, 11) is 1.23. The second-order valence-corrected chi connectivity index (χ2v) is 5.68. The second-order valence-electron chi connectivity index (χ2n) is 5.68. The minimum atomic E-state index is -4.75. The number of methoxy groups -OCH3 is 1. The summed E-state index contributed by atoms with van der Waals surface area (Å²) in [6.45, 7) is 2.09. The van der Waals surface area contributed by atoms with E-state index in [2.05, 4.69) is 0 Å². The molecule has 1 N–H and O–H groups in total. The number of aliphatic carboxylic acids is 1. The molecule has 1 aliphatic heterocycles. The van der Waals surface area contributed by atoms with Crippen molar-refractivity contribution in [1.29, 1.82) is 0 Å². The van der Waals surface area contributed by atoms with Crippen molar-refractivity contribution in [3.63, 3.8) is 0 Å². The minimum Gasteiger partial charge on any atom is -0.496 e. The van der Waals surface area contributed by atoms with Crippen LogP contribution in [0.15, 0.2) is 18.2 Å². The van der Waals surface area contributed by atoms with Gasteiger partial charge in [-0.3, -0.25) is 0 Å². The predicted octanol–water partition coefficient (Wildman–Crippen LogP) is 3.36. The monoisotopic (exact) mass is 336 g/mol. The fourth-order valence-electron chi connectivity index (χ4n) is 2.97. The molecule has 1 aromatic carbocycles. The Labute approximate surface area is 130 Å². The van der Waals surface area contributed by atoms with Crippen molar-refractivity contribution in [3.05, 3.63) is 29.6 Å². The first kappa shape index (κ1) is 17.5. The van der Waals surface area contributed by atoms with E-state index in [9.17, 15) is 27.5 Å². The van der Waals surface area contributed by atoms with E-state index in [1.165, 1.54) is 20.1 Å². The molecule has 23 heavy (non-hydrogen) atoms. The lowest BCUT2D eigenvalue weighted by Gasteiger charge is -2.31. The van der Waals surface area contributed by atoms with Gasteiger partial charge in [0.05, 0.1) is 7.11 Å². The number of carboxylic acids is 1. The highest BCUT2D eigenvalue weighted by Gasteiger charge is 2.65. The van der Waals surface area contributed by atoms with Crippen LogP contribution in [0, 0.1) is 11.7 Å². The van der Waals surface area contributed by atoms with Crippen molar-refractivity contribution in [3.8, 4) is 5.75 Å². The number of carboxylic acid groups (broad SMARTS) is 1. The van der Waals surface area contributed by atoms with Crippen LogP contribution < -0.4 is 4.74 Å². The Balaban J connectivity index is 2.57. The SMILES string of the molecule is COc1cc(F)ccc1[C@H]1[C@H](C(=O)O)O[C@@](C)(C(F)(F)F)[C@H]1C. The van der Waals surface area contributed by atoms with Crippen LogP contribution in [0.2, 0.25) is 0 Å². The molecule has 8 heteroatoms.